The Morgan fingerprint density at radius 3 is 3.00 bits per heavy atom. The second kappa shape index (κ2) is 2.31. The van der Waals surface area contributed by atoms with Gasteiger partial charge in [0.2, 0.25) is 5.95 Å². The van der Waals surface area contributed by atoms with Gasteiger partial charge in [0.25, 0.3) is 0 Å². The highest BCUT2D eigenvalue weighted by Gasteiger charge is 2.05. The van der Waals surface area contributed by atoms with E-state index in [-0.39, 0.29) is 5.95 Å². The Labute approximate surface area is 67.2 Å². The Bertz CT molecular complexity index is 405. The molecular weight excluding hydrogens is 158 g/mol. The first-order chi connectivity index (χ1) is 5.81. The van der Waals surface area contributed by atoms with Crippen LogP contribution in [0.1, 0.15) is 0 Å². The number of hydrogen-bond donors (Lipinski definition) is 4. The quantitative estimate of drug-likeness (QED) is 0.325. The van der Waals surface area contributed by atoms with E-state index >= 15 is 0 Å². The maximum Gasteiger partial charge on any atom is 0.241 e. The largest absolute Gasteiger partial charge is 0.382 e. The third-order valence-corrected chi connectivity index (χ3v) is 1.43. The van der Waals surface area contributed by atoms with Crippen LogP contribution >= 0.6 is 0 Å². The van der Waals surface area contributed by atoms with E-state index in [4.69, 9.17) is 11.6 Å². The highest BCUT2D eigenvalue weighted by molar-refractivity contribution is 5.82. The molecule has 6 N–H and O–H groups in total. The summed E-state index contributed by atoms with van der Waals surface area (Å²) in [4.78, 5) is 14.5. The van der Waals surface area contributed by atoms with Gasteiger partial charge in [-0.05, 0) is 0 Å². The molecule has 0 radical (unpaired) electrons. The summed E-state index contributed by atoms with van der Waals surface area (Å²) in [6.45, 7) is 0. The minimum Gasteiger partial charge on any atom is -0.382 e. The van der Waals surface area contributed by atoms with Crippen LogP contribution in [-0.2, 0) is 0 Å². The first-order valence-electron chi connectivity index (χ1n) is 3.24. The zero-order chi connectivity index (χ0) is 8.55. The maximum absolute atomic E-state index is 5.55. The fourth-order valence-electron chi connectivity index (χ4n) is 0.923. The van der Waals surface area contributed by atoms with Crippen molar-refractivity contribution in [2.75, 3.05) is 11.2 Å². The van der Waals surface area contributed by atoms with Gasteiger partial charge in [0.15, 0.2) is 11.5 Å². The van der Waals surface area contributed by atoms with Gasteiger partial charge in [0.05, 0.1) is 6.33 Å². The van der Waals surface area contributed by atoms with E-state index in [1.807, 2.05) is 0 Å². The lowest BCUT2D eigenvalue weighted by molar-refractivity contribution is 1.14. The highest BCUT2D eigenvalue weighted by Crippen LogP contribution is 2.13. The van der Waals surface area contributed by atoms with E-state index in [1.165, 1.54) is 6.33 Å². The molecule has 7 nitrogen and oxygen atoms in total. The standard InChI is InChI=1S/C5H7N7/c6-3-2-4(9-1-8-2)11-5(10-3)12-7/h1H,7H2,(H4,6,8,9,10,11,12). The van der Waals surface area contributed by atoms with Crippen molar-refractivity contribution in [3.8, 4) is 0 Å². The van der Waals surface area contributed by atoms with Crippen molar-refractivity contribution >= 4 is 22.9 Å². The van der Waals surface area contributed by atoms with E-state index in [0.717, 1.165) is 0 Å². The monoisotopic (exact) mass is 165 g/mol. The number of nitrogens with one attached hydrogen (secondary N) is 2. The van der Waals surface area contributed by atoms with Gasteiger partial charge in [0.1, 0.15) is 5.52 Å². The summed E-state index contributed by atoms with van der Waals surface area (Å²) in [5.41, 5.74) is 8.96. The molecule has 62 valence electrons. The third kappa shape index (κ3) is 0.839. The number of nitrogen functional groups attached to an aromatic ring is 2. The molecule has 0 aliphatic rings. The molecule has 0 amide bonds. The van der Waals surface area contributed by atoms with Crippen LogP contribution in [0.2, 0.25) is 0 Å². The van der Waals surface area contributed by atoms with Crippen LogP contribution in [0.5, 0.6) is 0 Å². The number of aromatic amines is 1. The molecule has 2 heterocycles. The van der Waals surface area contributed by atoms with Gasteiger partial charge in [-0.15, -0.1) is 0 Å². The van der Waals surface area contributed by atoms with Crippen molar-refractivity contribution in [2.24, 2.45) is 5.84 Å². The van der Waals surface area contributed by atoms with Crippen molar-refractivity contribution in [1.29, 1.82) is 0 Å². The first kappa shape index (κ1) is 6.80. The number of imidazole rings is 1. The lowest BCUT2D eigenvalue weighted by Crippen LogP contribution is -2.11. The summed E-state index contributed by atoms with van der Waals surface area (Å²) >= 11 is 0. The first-order valence-corrected chi connectivity index (χ1v) is 3.24. The number of rotatable bonds is 1. The fourth-order valence-corrected chi connectivity index (χ4v) is 0.923. The molecule has 0 unspecified atom stereocenters. The molecule has 2 aromatic rings. The summed E-state index contributed by atoms with van der Waals surface area (Å²) in [6, 6.07) is 0. The van der Waals surface area contributed by atoms with Crippen molar-refractivity contribution in [3.63, 3.8) is 0 Å². The Morgan fingerprint density at radius 1 is 1.42 bits per heavy atom. The van der Waals surface area contributed by atoms with Gasteiger partial charge in [-0.3, -0.25) is 5.43 Å². The topological polar surface area (TPSA) is 119 Å². The van der Waals surface area contributed by atoms with Gasteiger partial charge in [-0.1, -0.05) is 0 Å². The Morgan fingerprint density at radius 2 is 2.25 bits per heavy atom. The average Bonchev–Trinajstić information content (AvgIpc) is 2.52. The average molecular weight is 165 g/mol. The number of H-pyrrole nitrogens is 1. The number of nitrogens with two attached hydrogens (primary N) is 2. The summed E-state index contributed by atoms with van der Waals surface area (Å²) in [6.07, 6.45) is 1.50. The van der Waals surface area contributed by atoms with Crippen LogP contribution in [-0.4, -0.2) is 19.9 Å². The van der Waals surface area contributed by atoms with Gasteiger partial charge in [0, 0.05) is 0 Å². The number of hydrogen-bond acceptors (Lipinski definition) is 6. The SMILES string of the molecule is NNc1nc(N)c2nc[nH]c2n1. The molecule has 7 heteroatoms. The Hall–Kier alpha value is -1.89. The van der Waals surface area contributed by atoms with Crippen LogP contribution in [0.15, 0.2) is 6.33 Å². The normalized spacial score (nSPS) is 10.4. The summed E-state index contributed by atoms with van der Waals surface area (Å²) < 4.78 is 0. The minimum atomic E-state index is 0.268. The van der Waals surface area contributed by atoms with E-state index in [0.29, 0.717) is 17.0 Å². The molecule has 2 aromatic heterocycles. The highest BCUT2D eigenvalue weighted by atomic mass is 15.3. The summed E-state index contributed by atoms with van der Waals surface area (Å²) in [5.74, 6) is 5.68. The molecule has 0 fully saturated rings. The molecule has 0 aromatic carbocycles. The van der Waals surface area contributed by atoms with Crippen LogP contribution in [0.3, 0.4) is 0 Å². The minimum absolute atomic E-state index is 0.268. The molecule has 0 atom stereocenters. The van der Waals surface area contributed by atoms with Crippen molar-refractivity contribution in [3.05, 3.63) is 6.33 Å². The van der Waals surface area contributed by atoms with E-state index in [9.17, 15) is 0 Å². The molecular formula is C5H7N7. The smallest absolute Gasteiger partial charge is 0.241 e. The van der Waals surface area contributed by atoms with Gasteiger partial charge in [-0.25, -0.2) is 10.8 Å². The molecule has 0 bridgehead atoms. The number of nitrogens with zero attached hydrogens (tertiary/aromatic N) is 3. The van der Waals surface area contributed by atoms with Gasteiger partial charge < -0.3 is 10.7 Å². The van der Waals surface area contributed by atoms with Crippen LogP contribution < -0.4 is 17.0 Å². The zero-order valence-corrected chi connectivity index (χ0v) is 6.07. The molecule has 0 saturated heterocycles. The summed E-state index contributed by atoms with van der Waals surface area (Å²) in [7, 11) is 0. The second-order valence-electron chi connectivity index (χ2n) is 2.18. The zero-order valence-electron chi connectivity index (χ0n) is 6.07. The fraction of sp³-hybridized carbons (Fsp3) is 0. The van der Waals surface area contributed by atoms with Gasteiger partial charge in [-0.2, -0.15) is 9.97 Å². The number of anilines is 2. The van der Waals surface area contributed by atoms with Crippen molar-refractivity contribution < 1.29 is 0 Å². The van der Waals surface area contributed by atoms with Crippen LogP contribution in [0.4, 0.5) is 11.8 Å². The number of hydrazine groups is 1. The molecule has 0 aliphatic heterocycles. The third-order valence-electron chi connectivity index (χ3n) is 1.43. The summed E-state index contributed by atoms with van der Waals surface area (Å²) in [5, 5.41) is 0. The number of aromatic nitrogens is 4. The Kier molecular flexibility index (Phi) is 1.31. The predicted molar refractivity (Wildman–Crippen MR) is 43.9 cm³/mol. The molecule has 2 rings (SSSR count). The van der Waals surface area contributed by atoms with E-state index in [1.54, 1.807) is 0 Å². The molecule has 0 spiro atoms. The van der Waals surface area contributed by atoms with Crippen molar-refractivity contribution in [2.45, 2.75) is 0 Å². The number of fused-ring (bicyclic) bond motifs is 1. The molecule has 0 saturated carbocycles. The van der Waals surface area contributed by atoms with Gasteiger partial charge >= 0.3 is 0 Å². The second-order valence-corrected chi connectivity index (χ2v) is 2.18. The lowest BCUT2D eigenvalue weighted by Gasteiger charge is -1.98. The Balaban J connectivity index is 2.75. The van der Waals surface area contributed by atoms with Crippen molar-refractivity contribution in [1.82, 2.24) is 19.9 Å². The molecule has 0 aliphatic carbocycles. The van der Waals surface area contributed by atoms with E-state index < -0.39 is 0 Å². The van der Waals surface area contributed by atoms with Crippen LogP contribution in [0.25, 0.3) is 11.2 Å². The van der Waals surface area contributed by atoms with E-state index in [2.05, 4.69) is 25.4 Å². The maximum atomic E-state index is 5.55. The van der Waals surface area contributed by atoms with Crippen LogP contribution in [0, 0.1) is 0 Å². The predicted octanol–water partition coefficient (Wildman–Crippen LogP) is -0.779. The lowest BCUT2D eigenvalue weighted by atomic mass is 10.5. The molecule has 12 heavy (non-hydrogen) atoms.